The van der Waals surface area contributed by atoms with E-state index in [-0.39, 0.29) is 0 Å². The third kappa shape index (κ3) is 10.1. The van der Waals surface area contributed by atoms with Gasteiger partial charge in [-0.05, 0) is 68.1 Å². The van der Waals surface area contributed by atoms with Gasteiger partial charge in [-0.1, -0.05) is 51.0 Å². The van der Waals surface area contributed by atoms with Crippen LogP contribution in [0.25, 0.3) is 28.1 Å². The van der Waals surface area contributed by atoms with Gasteiger partial charge in [0.05, 0.1) is 11.7 Å². The summed E-state index contributed by atoms with van der Waals surface area (Å²) < 4.78 is 1.79. The molecule has 0 radical (unpaired) electrons. The van der Waals surface area contributed by atoms with Crippen LogP contribution >= 0.6 is 0 Å². The molecule has 6 rings (SSSR count). The van der Waals surface area contributed by atoms with Crippen molar-refractivity contribution in [3.8, 4) is 11.1 Å². The van der Waals surface area contributed by atoms with Crippen molar-refractivity contribution in [2.24, 2.45) is 13.0 Å². The highest BCUT2D eigenvalue weighted by atomic mass is 15.2. The van der Waals surface area contributed by atoms with Gasteiger partial charge in [-0.3, -0.25) is 9.67 Å². The summed E-state index contributed by atoms with van der Waals surface area (Å²) in [5, 5.41) is 11.5. The van der Waals surface area contributed by atoms with Crippen LogP contribution in [0, 0.1) is 12.8 Å². The van der Waals surface area contributed by atoms with Gasteiger partial charge in [0.25, 0.3) is 0 Å². The molecule has 1 saturated heterocycles. The van der Waals surface area contributed by atoms with Crippen LogP contribution in [0.5, 0.6) is 0 Å². The van der Waals surface area contributed by atoms with Crippen molar-refractivity contribution in [3.05, 3.63) is 73.0 Å². The monoisotopic (exact) mass is 499 g/mol. The summed E-state index contributed by atoms with van der Waals surface area (Å²) in [4.78, 5) is 12.7. The molecule has 0 bridgehead atoms. The number of piperidine rings is 1. The van der Waals surface area contributed by atoms with E-state index in [1.807, 2.05) is 63.9 Å². The van der Waals surface area contributed by atoms with E-state index in [2.05, 4.69) is 56.3 Å². The lowest BCUT2D eigenvalue weighted by Gasteiger charge is -2.17. The summed E-state index contributed by atoms with van der Waals surface area (Å²) in [6.45, 7) is 10.4. The minimum Gasteiger partial charge on any atom is -0.357 e. The van der Waals surface area contributed by atoms with Crippen molar-refractivity contribution >= 4 is 22.9 Å². The van der Waals surface area contributed by atoms with E-state index in [0.29, 0.717) is 5.95 Å². The van der Waals surface area contributed by atoms with E-state index < -0.39 is 0 Å². The molecule has 2 aliphatic rings. The second-order valence-electron chi connectivity index (χ2n) is 9.55. The zero-order chi connectivity index (χ0) is 26.5. The molecule has 0 atom stereocenters. The molecule has 2 fully saturated rings. The Bertz CT molecular complexity index is 1240. The maximum absolute atomic E-state index is 4.44. The standard InChI is InChI=1S/C13H13N5.C8H9N.C6H13N.C3H6/c1-14-13-15-6-10-4-3-9(5-12(10)17-13)11-7-16-18(2)8-11;1-3-8-4-5-9-7(2)6-8;1-6-2-4-7-5-3-6;1-2-3-1/h3-8H,1-2H3,(H,14,15,17);3-6H,1H2,2H3;6-7H,2-5H2,1H3;1-3H2. The summed E-state index contributed by atoms with van der Waals surface area (Å²) in [5.74, 6) is 1.60. The number of hydrogen-bond acceptors (Lipinski definition) is 6. The smallest absolute Gasteiger partial charge is 0.222 e. The third-order valence-electron chi connectivity index (χ3n) is 5.98. The molecule has 1 aromatic carbocycles. The topological polar surface area (TPSA) is 80.5 Å². The van der Waals surface area contributed by atoms with Crippen molar-refractivity contribution in [2.45, 2.75) is 46.0 Å². The average molecular weight is 500 g/mol. The number of anilines is 1. The van der Waals surface area contributed by atoms with Crippen LogP contribution in [0.2, 0.25) is 0 Å². The number of aromatic nitrogens is 5. The molecular formula is C30H41N7. The molecule has 1 aliphatic carbocycles. The molecule has 0 spiro atoms. The Morgan fingerprint density at radius 2 is 1.78 bits per heavy atom. The van der Waals surface area contributed by atoms with Gasteiger partial charge in [-0.2, -0.15) is 5.10 Å². The van der Waals surface area contributed by atoms with Crippen LogP contribution in [-0.2, 0) is 7.05 Å². The summed E-state index contributed by atoms with van der Waals surface area (Å²) in [5.41, 5.74) is 5.28. The predicted molar refractivity (Wildman–Crippen MR) is 155 cm³/mol. The summed E-state index contributed by atoms with van der Waals surface area (Å²) >= 11 is 0. The van der Waals surface area contributed by atoms with Gasteiger partial charge in [0, 0.05) is 49.3 Å². The Morgan fingerprint density at radius 1 is 1.03 bits per heavy atom. The van der Waals surface area contributed by atoms with E-state index in [0.717, 1.165) is 39.2 Å². The lowest BCUT2D eigenvalue weighted by molar-refractivity contribution is 0.402. The third-order valence-corrected chi connectivity index (χ3v) is 5.98. The first kappa shape index (κ1) is 28.0. The Kier molecular flexibility index (Phi) is 11.2. The number of pyridine rings is 1. The Morgan fingerprint density at radius 3 is 2.30 bits per heavy atom. The number of hydrogen-bond donors (Lipinski definition) is 2. The molecule has 2 N–H and O–H groups in total. The van der Waals surface area contributed by atoms with Gasteiger partial charge in [0.1, 0.15) is 0 Å². The number of fused-ring (bicyclic) bond motifs is 1. The Labute approximate surface area is 221 Å². The molecule has 1 aliphatic heterocycles. The molecular weight excluding hydrogens is 458 g/mol. The number of aryl methyl sites for hydroxylation is 2. The number of nitrogens with one attached hydrogen (secondary N) is 2. The van der Waals surface area contributed by atoms with Crippen molar-refractivity contribution < 1.29 is 0 Å². The van der Waals surface area contributed by atoms with E-state index >= 15 is 0 Å². The highest BCUT2D eigenvalue weighted by Crippen LogP contribution is 2.23. The minimum atomic E-state index is 0.630. The van der Waals surface area contributed by atoms with Crippen LogP contribution in [0.1, 0.15) is 50.3 Å². The van der Waals surface area contributed by atoms with Crippen molar-refractivity contribution in [3.63, 3.8) is 0 Å². The molecule has 37 heavy (non-hydrogen) atoms. The van der Waals surface area contributed by atoms with Gasteiger partial charge in [0.15, 0.2) is 0 Å². The quantitative estimate of drug-likeness (QED) is 0.345. The minimum absolute atomic E-state index is 0.630. The van der Waals surface area contributed by atoms with E-state index in [4.69, 9.17) is 0 Å². The van der Waals surface area contributed by atoms with Crippen LogP contribution in [0.4, 0.5) is 5.95 Å². The van der Waals surface area contributed by atoms with Gasteiger partial charge in [-0.25, -0.2) is 9.97 Å². The summed E-state index contributed by atoms with van der Waals surface area (Å²) in [6.07, 6.45) is 16.5. The van der Waals surface area contributed by atoms with Gasteiger partial charge >= 0.3 is 0 Å². The lowest BCUT2D eigenvalue weighted by Crippen LogP contribution is -2.26. The summed E-state index contributed by atoms with van der Waals surface area (Å²) in [7, 11) is 3.72. The molecule has 7 heteroatoms. The Balaban J connectivity index is 0.000000165. The number of nitrogens with zero attached hydrogens (tertiary/aromatic N) is 5. The molecule has 4 heterocycles. The fourth-order valence-corrected chi connectivity index (χ4v) is 3.55. The number of benzene rings is 1. The first-order valence-electron chi connectivity index (χ1n) is 13.2. The largest absolute Gasteiger partial charge is 0.357 e. The molecule has 0 unspecified atom stereocenters. The van der Waals surface area contributed by atoms with Gasteiger partial charge < -0.3 is 10.6 Å². The highest BCUT2D eigenvalue weighted by Gasteiger charge is 2.05. The van der Waals surface area contributed by atoms with Crippen LogP contribution in [0.3, 0.4) is 0 Å². The zero-order valence-corrected chi connectivity index (χ0v) is 22.7. The fourth-order valence-electron chi connectivity index (χ4n) is 3.55. The molecule has 3 aromatic heterocycles. The van der Waals surface area contributed by atoms with Crippen molar-refractivity contribution in [1.82, 2.24) is 30.0 Å². The number of rotatable bonds is 3. The predicted octanol–water partition coefficient (Wildman–Crippen LogP) is 6.28. The fraction of sp³-hybridized carbons (Fsp3) is 0.400. The molecule has 196 valence electrons. The Hall–Kier alpha value is -3.58. The molecule has 1 saturated carbocycles. The van der Waals surface area contributed by atoms with Crippen LogP contribution < -0.4 is 10.6 Å². The first-order chi connectivity index (χ1) is 18.0. The molecule has 7 nitrogen and oxygen atoms in total. The normalized spacial score (nSPS) is 14.2. The van der Waals surface area contributed by atoms with Crippen LogP contribution in [0.15, 0.2) is 61.7 Å². The first-order valence-corrected chi connectivity index (χ1v) is 13.2. The maximum atomic E-state index is 4.44. The molecule has 4 aromatic rings. The van der Waals surface area contributed by atoms with Crippen LogP contribution in [-0.4, -0.2) is 44.9 Å². The second kappa shape index (κ2) is 14.9. The van der Waals surface area contributed by atoms with E-state index in [9.17, 15) is 0 Å². The highest BCUT2D eigenvalue weighted by molar-refractivity contribution is 5.84. The van der Waals surface area contributed by atoms with Gasteiger partial charge in [-0.15, -0.1) is 0 Å². The van der Waals surface area contributed by atoms with Gasteiger partial charge in [0.2, 0.25) is 5.95 Å². The lowest BCUT2D eigenvalue weighted by atomic mass is 10.0. The van der Waals surface area contributed by atoms with Crippen molar-refractivity contribution in [1.29, 1.82) is 0 Å². The second-order valence-corrected chi connectivity index (χ2v) is 9.55. The van der Waals surface area contributed by atoms with E-state index in [1.165, 1.54) is 45.2 Å². The van der Waals surface area contributed by atoms with E-state index in [1.54, 1.807) is 10.9 Å². The van der Waals surface area contributed by atoms with Crippen molar-refractivity contribution in [2.75, 3.05) is 25.5 Å². The molecule has 0 amide bonds. The maximum Gasteiger partial charge on any atom is 0.222 e. The average Bonchev–Trinajstić information content (AvgIpc) is 3.76. The summed E-state index contributed by atoms with van der Waals surface area (Å²) in [6, 6.07) is 10.1. The zero-order valence-electron chi connectivity index (χ0n) is 22.7. The SMILES string of the molecule is C1CC1.C=Cc1ccnc(C)c1.CC1CCNCC1.CNc1ncc2ccc(-c3cnn(C)c3)cc2n1.